The number of aromatic nitrogens is 1. The van der Waals surface area contributed by atoms with Crippen molar-refractivity contribution < 1.29 is 28.0 Å². The molecule has 0 radical (unpaired) electrons. The van der Waals surface area contributed by atoms with Crippen molar-refractivity contribution in [3.8, 4) is 5.75 Å². The molecule has 2 rings (SSSR count). The summed E-state index contributed by atoms with van der Waals surface area (Å²) in [6.07, 6.45) is -4.80. The lowest BCUT2D eigenvalue weighted by Crippen LogP contribution is -2.38. The fraction of sp³-hybridized carbons (Fsp3) is 0.182. The van der Waals surface area contributed by atoms with E-state index in [-0.39, 0.29) is 9.99 Å². The molecule has 2 aromatic rings. The molecule has 1 aromatic heterocycles. The quantitative estimate of drug-likeness (QED) is 0.810. The van der Waals surface area contributed by atoms with Gasteiger partial charge in [0.15, 0.2) is 0 Å². The van der Waals surface area contributed by atoms with Crippen molar-refractivity contribution in [2.24, 2.45) is 0 Å². The summed E-state index contributed by atoms with van der Waals surface area (Å²) in [7, 11) is -0.891. The zero-order valence-corrected chi connectivity index (χ0v) is 11.7. The average molecular weight is 350 g/mol. The van der Waals surface area contributed by atoms with Crippen molar-refractivity contribution >= 4 is 39.4 Å². The third kappa shape index (κ3) is 2.61. The Kier molecular flexibility index (Phi) is 3.94. The Labute approximate surface area is 120 Å². The lowest BCUT2D eigenvalue weighted by atomic mass is 9.78. The Bertz CT molecular complexity index is 663. The Morgan fingerprint density at radius 1 is 1.30 bits per heavy atom. The second-order valence-electron chi connectivity index (χ2n) is 3.94. The van der Waals surface area contributed by atoms with Gasteiger partial charge in [0, 0.05) is 15.3 Å². The molecule has 0 unspecified atom stereocenters. The number of rotatable bonds is 2. The van der Waals surface area contributed by atoms with Gasteiger partial charge in [-0.15, -0.1) is 0 Å². The molecule has 4 nitrogen and oxygen atoms in total. The van der Waals surface area contributed by atoms with E-state index in [2.05, 4.69) is 20.9 Å². The number of methoxy groups -OCH3 is 1. The van der Waals surface area contributed by atoms with E-state index in [1.165, 1.54) is 25.3 Å². The van der Waals surface area contributed by atoms with E-state index in [0.717, 1.165) is 0 Å². The van der Waals surface area contributed by atoms with Gasteiger partial charge in [-0.05, 0) is 18.2 Å². The van der Waals surface area contributed by atoms with E-state index in [4.69, 9.17) is 4.74 Å². The number of hydrogen-bond acceptors (Lipinski definition) is 4. The number of nitrogens with zero attached hydrogens (tertiary/aromatic N) is 1. The number of ether oxygens (including phenoxy) is 1. The van der Waals surface area contributed by atoms with E-state index in [0.29, 0.717) is 11.1 Å². The van der Waals surface area contributed by atoms with Gasteiger partial charge in [-0.3, -0.25) is 0 Å². The largest absolute Gasteiger partial charge is 0.497 e. The minimum Gasteiger partial charge on any atom is -0.497 e. The van der Waals surface area contributed by atoms with Gasteiger partial charge in [-0.25, -0.2) is 4.98 Å². The molecular weight excluding hydrogens is 342 g/mol. The Morgan fingerprint density at radius 3 is 2.45 bits per heavy atom. The molecule has 0 atom stereocenters. The summed E-state index contributed by atoms with van der Waals surface area (Å²) in [4.78, 5) is 3.47. The molecule has 0 bridgehead atoms. The first-order valence-corrected chi connectivity index (χ1v) is 6.15. The molecule has 0 saturated carbocycles. The molecule has 20 heavy (non-hydrogen) atoms. The van der Waals surface area contributed by atoms with Crippen LogP contribution >= 0.6 is 15.9 Å². The average Bonchev–Trinajstić information content (AvgIpc) is 2.36. The van der Waals surface area contributed by atoms with Crippen LogP contribution in [-0.2, 0) is 6.18 Å². The van der Waals surface area contributed by atoms with Crippen LogP contribution in [0.15, 0.2) is 22.7 Å². The maximum atomic E-state index is 12.9. The van der Waals surface area contributed by atoms with Crippen LogP contribution in [0.25, 0.3) is 10.9 Å². The van der Waals surface area contributed by atoms with Crippen molar-refractivity contribution in [3.05, 3.63) is 28.4 Å². The minimum atomic E-state index is -4.80. The van der Waals surface area contributed by atoms with E-state index in [9.17, 15) is 23.2 Å². The number of fused-ring (bicyclic) bond motifs is 1. The molecule has 0 aliphatic heterocycles. The van der Waals surface area contributed by atoms with Crippen molar-refractivity contribution in [2.75, 3.05) is 7.11 Å². The van der Waals surface area contributed by atoms with E-state index >= 15 is 0 Å². The SMILES string of the molecule is COc1ccc2nc(C(F)(F)F)c(B(O)O)c(Br)c2c1. The van der Waals surface area contributed by atoms with E-state index < -0.39 is 24.5 Å². The molecule has 0 spiro atoms. The smallest absolute Gasteiger partial charge is 0.491 e. The van der Waals surface area contributed by atoms with Crippen LogP contribution in [-0.4, -0.2) is 29.3 Å². The summed E-state index contributed by atoms with van der Waals surface area (Å²) >= 11 is 2.97. The van der Waals surface area contributed by atoms with Gasteiger partial charge >= 0.3 is 13.3 Å². The summed E-state index contributed by atoms with van der Waals surface area (Å²) in [5.41, 5.74) is -2.00. The van der Waals surface area contributed by atoms with Crippen LogP contribution in [0, 0.1) is 0 Å². The number of alkyl halides is 3. The number of pyridine rings is 1. The molecular formula is C11H8BBrF3NO3. The maximum Gasteiger partial charge on any atom is 0.491 e. The molecule has 9 heteroatoms. The van der Waals surface area contributed by atoms with Crippen LogP contribution in [0.2, 0.25) is 0 Å². The van der Waals surface area contributed by atoms with Gasteiger partial charge in [0.1, 0.15) is 11.4 Å². The highest BCUT2D eigenvalue weighted by Gasteiger charge is 2.40. The third-order valence-corrected chi connectivity index (χ3v) is 3.55. The minimum absolute atomic E-state index is 0.0643. The highest BCUT2D eigenvalue weighted by Crippen LogP contribution is 2.33. The predicted octanol–water partition coefficient (Wildman–Crippen LogP) is 1.70. The van der Waals surface area contributed by atoms with Gasteiger partial charge in [0.25, 0.3) is 0 Å². The van der Waals surface area contributed by atoms with Gasteiger partial charge < -0.3 is 14.8 Å². The normalized spacial score (nSPS) is 11.8. The molecule has 1 aromatic carbocycles. The fourth-order valence-corrected chi connectivity index (χ4v) is 2.51. The maximum absolute atomic E-state index is 12.9. The van der Waals surface area contributed by atoms with Crippen LogP contribution < -0.4 is 10.2 Å². The number of benzene rings is 1. The summed E-state index contributed by atoms with van der Waals surface area (Å²) in [5.74, 6) is 0.415. The fourth-order valence-electron chi connectivity index (χ4n) is 1.80. The molecule has 0 fully saturated rings. The van der Waals surface area contributed by atoms with Crippen molar-refractivity contribution in [3.63, 3.8) is 0 Å². The van der Waals surface area contributed by atoms with Gasteiger partial charge in [0.2, 0.25) is 0 Å². The van der Waals surface area contributed by atoms with Crippen molar-refractivity contribution in [1.29, 1.82) is 0 Å². The van der Waals surface area contributed by atoms with Crippen molar-refractivity contribution in [1.82, 2.24) is 4.98 Å². The van der Waals surface area contributed by atoms with Crippen molar-refractivity contribution in [2.45, 2.75) is 6.18 Å². The molecule has 0 saturated heterocycles. The van der Waals surface area contributed by atoms with E-state index in [1.807, 2.05) is 0 Å². The number of halogens is 4. The third-order valence-electron chi connectivity index (χ3n) is 2.69. The Balaban J connectivity index is 2.86. The zero-order valence-electron chi connectivity index (χ0n) is 10.1. The van der Waals surface area contributed by atoms with E-state index in [1.54, 1.807) is 0 Å². The number of hydrogen-bond donors (Lipinski definition) is 2. The van der Waals surface area contributed by atoms with Crippen LogP contribution in [0.1, 0.15) is 5.69 Å². The summed E-state index contributed by atoms with van der Waals surface area (Å²) in [5, 5.41) is 18.7. The molecule has 0 aliphatic rings. The van der Waals surface area contributed by atoms with Crippen LogP contribution in [0.5, 0.6) is 5.75 Å². The standard InChI is InChI=1S/C11H8BBrF3NO3/c1-20-5-2-3-7-6(4-5)9(13)8(12(18)19)10(17-7)11(14,15)16/h2-4,18-19H,1H3. The highest BCUT2D eigenvalue weighted by molar-refractivity contribution is 9.10. The highest BCUT2D eigenvalue weighted by atomic mass is 79.9. The molecule has 2 N–H and O–H groups in total. The molecule has 0 aliphatic carbocycles. The molecule has 0 amide bonds. The van der Waals surface area contributed by atoms with Crippen LogP contribution in [0.4, 0.5) is 13.2 Å². The lowest BCUT2D eigenvalue weighted by molar-refractivity contribution is -0.140. The first kappa shape index (κ1) is 15.1. The Hall–Kier alpha value is -1.32. The van der Waals surface area contributed by atoms with Crippen LogP contribution in [0.3, 0.4) is 0 Å². The Morgan fingerprint density at radius 2 is 1.95 bits per heavy atom. The lowest BCUT2D eigenvalue weighted by Gasteiger charge is -2.15. The zero-order chi connectivity index (χ0) is 15.1. The topological polar surface area (TPSA) is 62.6 Å². The predicted molar refractivity (Wildman–Crippen MR) is 70.8 cm³/mol. The summed E-state index contributed by atoms with van der Waals surface area (Å²) in [6.45, 7) is 0. The van der Waals surface area contributed by atoms with Gasteiger partial charge in [-0.1, -0.05) is 15.9 Å². The molecule has 106 valence electrons. The second-order valence-corrected chi connectivity index (χ2v) is 4.74. The monoisotopic (exact) mass is 349 g/mol. The van der Waals surface area contributed by atoms with Gasteiger partial charge in [0.05, 0.1) is 12.6 Å². The first-order chi connectivity index (χ1) is 9.25. The summed E-state index contributed by atoms with van der Waals surface area (Å²) in [6, 6.07) is 4.29. The van der Waals surface area contributed by atoms with Gasteiger partial charge in [-0.2, -0.15) is 13.2 Å². The summed E-state index contributed by atoms with van der Waals surface area (Å²) < 4.78 is 43.7. The second kappa shape index (κ2) is 5.23. The molecule has 1 heterocycles. The first-order valence-electron chi connectivity index (χ1n) is 5.36.